The van der Waals surface area contributed by atoms with Crippen LogP contribution in [0.1, 0.15) is 17.5 Å². The minimum atomic E-state index is -4.21. The molecule has 0 saturated carbocycles. The summed E-state index contributed by atoms with van der Waals surface area (Å²) < 4.78 is 36.7. The Bertz CT molecular complexity index is 472. The van der Waals surface area contributed by atoms with Crippen molar-refractivity contribution in [2.45, 2.75) is 19.5 Å². The SMILES string of the molecule is Cc1cccc(/C(N)=N/O)c1N(C)CCC(F)(F)F. The van der Waals surface area contributed by atoms with Crippen LogP contribution in [0.4, 0.5) is 18.9 Å². The van der Waals surface area contributed by atoms with Gasteiger partial charge in [-0.2, -0.15) is 13.2 Å². The summed E-state index contributed by atoms with van der Waals surface area (Å²) in [5, 5.41) is 11.6. The van der Waals surface area contributed by atoms with Gasteiger partial charge >= 0.3 is 6.18 Å². The first-order chi connectivity index (χ1) is 8.76. The van der Waals surface area contributed by atoms with Crippen LogP contribution in [-0.4, -0.2) is 30.8 Å². The van der Waals surface area contributed by atoms with Gasteiger partial charge in [0.25, 0.3) is 0 Å². The maximum atomic E-state index is 12.2. The molecule has 0 aliphatic heterocycles. The summed E-state index contributed by atoms with van der Waals surface area (Å²) in [7, 11) is 1.54. The lowest BCUT2D eigenvalue weighted by molar-refractivity contribution is -0.132. The number of halogens is 3. The lowest BCUT2D eigenvalue weighted by Gasteiger charge is -2.24. The highest BCUT2D eigenvalue weighted by Crippen LogP contribution is 2.26. The molecule has 0 saturated heterocycles. The molecule has 1 aromatic rings. The van der Waals surface area contributed by atoms with E-state index in [1.165, 1.54) is 4.90 Å². The molecule has 0 fully saturated rings. The molecule has 7 heteroatoms. The van der Waals surface area contributed by atoms with Crippen molar-refractivity contribution in [2.75, 3.05) is 18.5 Å². The molecule has 19 heavy (non-hydrogen) atoms. The van der Waals surface area contributed by atoms with Crippen LogP contribution in [0.15, 0.2) is 23.4 Å². The number of benzene rings is 1. The number of amidine groups is 1. The van der Waals surface area contributed by atoms with Gasteiger partial charge in [-0.3, -0.25) is 0 Å². The van der Waals surface area contributed by atoms with E-state index in [1.54, 1.807) is 32.2 Å². The van der Waals surface area contributed by atoms with Crippen LogP contribution in [0.5, 0.6) is 0 Å². The quantitative estimate of drug-likeness (QED) is 0.384. The molecule has 0 aromatic heterocycles. The van der Waals surface area contributed by atoms with E-state index in [0.717, 1.165) is 5.56 Å². The van der Waals surface area contributed by atoms with Crippen LogP contribution in [-0.2, 0) is 0 Å². The second-order valence-corrected chi connectivity index (χ2v) is 4.24. The molecular formula is C12H16F3N3O. The van der Waals surface area contributed by atoms with E-state index < -0.39 is 12.6 Å². The average molecular weight is 275 g/mol. The van der Waals surface area contributed by atoms with Gasteiger partial charge < -0.3 is 15.8 Å². The summed E-state index contributed by atoms with van der Waals surface area (Å²) >= 11 is 0. The second-order valence-electron chi connectivity index (χ2n) is 4.24. The maximum Gasteiger partial charge on any atom is 0.390 e. The number of oxime groups is 1. The van der Waals surface area contributed by atoms with Gasteiger partial charge in [-0.25, -0.2) is 0 Å². The fourth-order valence-corrected chi connectivity index (χ4v) is 1.83. The van der Waals surface area contributed by atoms with Gasteiger partial charge in [0.05, 0.1) is 12.1 Å². The highest BCUT2D eigenvalue weighted by atomic mass is 19.4. The van der Waals surface area contributed by atoms with E-state index in [-0.39, 0.29) is 12.4 Å². The van der Waals surface area contributed by atoms with E-state index in [9.17, 15) is 13.2 Å². The minimum absolute atomic E-state index is 0.127. The van der Waals surface area contributed by atoms with Gasteiger partial charge in [0.15, 0.2) is 5.84 Å². The molecule has 0 spiro atoms. The monoisotopic (exact) mass is 275 g/mol. The number of hydrogen-bond acceptors (Lipinski definition) is 3. The largest absolute Gasteiger partial charge is 0.409 e. The summed E-state index contributed by atoms with van der Waals surface area (Å²) in [6.07, 6.45) is -5.14. The van der Waals surface area contributed by atoms with Crippen molar-refractivity contribution in [2.24, 2.45) is 10.9 Å². The fourth-order valence-electron chi connectivity index (χ4n) is 1.83. The zero-order valence-corrected chi connectivity index (χ0v) is 10.7. The van der Waals surface area contributed by atoms with Crippen molar-refractivity contribution in [3.8, 4) is 0 Å². The Balaban J connectivity index is 3.05. The van der Waals surface area contributed by atoms with Gasteiger partial charge in [0.2, 0.25) is 0 Å². The van der Waals surface area contributed by atoms with Gasteiger partial charge in [0, 0.05) is 19.2 Å². The molecule has 1 aromatic carbocycles. The zero-order valence-electron chi connectivity index (χ0n) is 10.7. The van der Waals surface area contributed by atoms with Gasteiger partial charge in [-0.15, -0.1) is 0 Å². The molecular weight excluding hydrogens is 259 g/mol. The second kappa shape index (κ2) is 5.81. The molecule has 4 nitrogen and oxygen atoms in total. The molecule has 0 unspecified atom stereocenters. The Kier molecular flexibility index (Phi) is 4.63. The third-order valence-corrected chi connectivity index (χ3v) is 2.73. The van der Waals surface area contributed by atoms with Gasteiger partial charge in [0.1, 0.15) is 0 Å². The molecule has 3 N–H and O–H groups in total. The van der Waals surface area contributed by atoms with Crippen molar-refractivity contribution in [1.82, 2.24) is 0 Å². The number of anilines is 1. The number of hydrogen-bond donors (Lipinski definition) is 2. The summed E-state index contributed by atoms with van der Waals surface area (Å²) in [4.78, 5) is 1.45. The number of rotatable bonds is 4. The highest BCUT2D eigenvalue weighted by Gasteiger charge is 2.28. The molecule has 0 heterocycles. The summed E-state index contributed by atoms with van der Waals surface area (Å²) in [6.45, 7) is 1.56. The predicted molar refractivity (Wildman–Crippen MR) is 67.6 cm³/mol. The Hall–Kier alpha value is -1.92. The van der Waals surface area contributed by atoms with Gasteiger partial charge in [-0.1, -0.05) is 17.3 Å². The van der Waals surface area contributed by atoms with Crippen molar-refractivity contribution in [3.63, 3.8) is 0 Å². The number of nitrogens with zero attached hydrogens (tertiary/aromatic N) is 2. The summed E-state index contributed by atoms with van der Waals surface area (Å²) in [6, 6.07) is 5.05. The molecule has 0 aliphatic carbocycles. The van der Waals surface area contributed by atoms with Crippen LogP contribution in [0.2, 0.25) is 0 Å². The van der Waals surface area contributed by atoms with E-state index in [2.05, 4.69) is 5.16 Å². The smallest absolute Gasteiger partial charge is 0.390 e. The number of para-hydroxylation sites is 1. The Morgan fingerprint density at radius 1 is 1.42 bits per heavy atom. The fraction of sp³-hybridized carbons (Fsp3) is 0.417. The van der Waals surface area contributed by atoms with E-state index in [0.29, 0.717) is 11.3 Å². The third kappa shape index (κ3) is 4.04. The number of aryl methyl sites for hydroxylation is 1. The highest BCUT2D eigenvalue weighted by molar-refractivity contribution is 6.02. The molecule has 0 amide bonds. The molecule has 1 rings (SSSR count). The number of nitrogens with two attached hydrogens (primary N) is 1. The van der Waals surface area contributed by atoms with Crippen molar-refractivity contribution >= 4 is 11.5 Å². The van der Waals surface area contributed by atoms with E-state index >= 15 is 0 Å². The minimum Gasteiger partial charge on any atom is -0.409 e. The molecule has 0 atom stereocenters. The molecule has 106 valence electrons. The zero-order chi connectivity index (χ0) is 14.6. The Labute approximate surface area is 109 Å². The standard InChI is InChI=1S/C12H16F3N3O/c1-8-4-3-5-9(11(16)17-19)10(8)18(2)7-6-12(13,14)15/h3-5,19H,6-7H2,1-2H3,(H2,16,17). The first-order valence-corrected chi connectivity index (χ1v) is 5.61. The predicted octanol–water partition coefficient (Wildman–Crippen LogP) is 2.48. The lowest BCUT2D eigenvalue weighted by atomic mass is 10.1. The normalized spacial score (nSPS) is 12.6. The first kappa shape index (κ1) is 15.1. The molecule has 0 aliphatic rings. The lowest BCUT2D eigenvalue weighted by Crippen LogP contribution is -2.27. The summed E-state index contributed by atoms with van der Waals surface area (Å²) in [5.41, 5.74) is 7.23. The number of alkyl halides is 3. The average Bonchev–Trinajstić information content (AvgIpc) is 2.33. The molecule has 0 bridgehead atoms. The topological polar surface area (TPSA) is 61.9 Å². The van der Waals surface area contributed by atoms with Crippen molar-refractivity contribution in [3.05, 3.63) is 29.3 Å². The van der Waals surface area contributed by atoms with Crippen LogP contribution >= 0.6 is 0 Å². The third-order valence-electron chi connectivity index (χ3n) is 2.73. The van der Waals surface area contributed by atoms with Crippen LogP contribution in [0, 0.1) is 6.92 Å². The first-order valence-electron chi connectivity index (χ1n) is 5.61. The van der Waals surface area contributed by atoms with E-state index in [4.69, 9.17) is 10.9 Å². The Morgan fingerprint density at radius 3 is 2.58 bits per heavy atom. The van der Waals surface area contributed by atoms with Crippen LogP contribution in [0.3, 0.4) is 0 Å². The van der Waals surface area contributed by atoms with Crippen LogP contribution < -0.4 is 10.6 Å². The maximum absolute atomic E-state index is 12.2. The Morgan fingerprint density at radius 2 is 2.05 bits per heavy atom. The van der Waals surface area contributed by atoms with Crippen LogP contribution in [0.25, 0.3) is 0 Å². The van der Waals surface area contributed by atoms with Crippen molar-refractivity contribution in [1.29, 1.82) is 0 Å². The summed E-state index contributed by atoms with van der Waals surface area (Å²) in [5.74, 6) is -0.127. The van der Waals surface area contributed by atoms with Gasteiger partial charge in [-0.05, 0) is 18.6 Å². The van der Waals surface area contributed by atoms with E-state index in [1.807, 2.05) is 0 Å². The molecule has 0 radical (unpaired) electrons. The van der Waals surface area contributed by atoms with Crippen molar-refractivity contribution < 1.29 is 18.4 Å².